The molecule has 0 saturated heterocycles. The van der Waals surface area contributed by atoms with Crippen LogP contribution in [0.2, 0.25) is 0 Å². The Hall–Kier alpha value is -0.340. The number of rotatable bonds is 4. The summed E-state index contributed by atoms with van der Waals surface area (Å²) in [5, 5.41) is 8.60. The van der Waals surface area contributed by atoms with Gasteiger partial charge in [-0.1, -0.05) is 19.4 Å². The zero-order valence-corrected chi connectivity index (χ0v) is 6.15. The molecule has 2 nitrogen and oxygen atoms in total. The molecule has 2 N–H and O–H groups in total. The van der Waals surface area contributed by atoms with Crippen molar-refractivity contribution in [2.24, 2.45) is 0 Å². The first-order valence-electron chi connectivity index (χ1n) is 3.23. The van der Waals surface area contributed by atoms with Crippen molar-refractivity contribution < 1.29 is 5.21 Å². The lowest BCUT2D eigenvalue weighted by atomic mass is 9.98. The van der Waals surface area contributed by atoms with Gasteiger partial charge in [0.05, 0.1) is 5.54 Å². The average Bonchev–Trinajstić information content (AvgIpc) is 1.89. The second-order valence-electron chi connectivity index (χ2n) is 2.48. The minimum atomic E-state index is -0.297. The zero-order valence-electron chi connectivity index (χ0n) is 6.15. The lowest BCUT2D eigenvalue weighted by molar-refractivity contribution is 0.0920. The first kappa shape index (κ1) is 8.66. The summed E-state index contributed by atoms with van der Waals surface area (Å²) in [5.41, 5.74) is 1.91. The van der Waals surface area contributed by atoms with E-state index < -0.39 is 0 Å². The number of hydroxylamine groups is 1. The predicted molar refractivity (Wildman–Crippen MR) is 38.4 cm³/mol. The molecule has 0 heterocycles. The monoisotopic (exact) mass is 129 g/mol. The van der Waals surface area contributed by atoms with E-state index in [2.05, 4.69) is 19.0 Å². The van der Waals surface area contributed by atoms with Gasteiger partial charge in [0.25, 0.3) is 0 Å². The van der Waals surface area contributed by atoms with E-state index in [-0.39, 0.29) is 5.54 Å². The molecule has 0 bridgehead atoms. The largest absolute Gasteiger partial charge is 0.316 e. The number of hydrogen-bond acceptors (Lipinski definition) is 2. The maximum Gasteiger partial charge on any atom is 0.0578 e. The highest BCUT2D eigenvalue weighted by atomic mass is 16.5. The Morgan fingerprint density at radius 3 is 2.44 bits per heavy atom. The highest BCUT2D eigenvalue weighted by molar-refractivity contribution is 4.96. The van der Waals surface area contributed by atoms with E-state index in [0.717, 1.165) is 12.8 Å². The average molecular weight is 129 g/mol. The Labute approximate surface area is 56.5 Å². The Morgan fingerprint density at radius 2 is 2.33 bits per heavy atom. The van der Waals surface area contributed by atoms with Crippen LogP contribution in [0.25, 0.3) is 0 Å². The van der Waals surface area contributed by atoms with Gasteiger partial charge < -0.3 is 5.21 Å². The summed E-state index contributed by atoms with van der Waals surface area (Å²) in [5.74, 6) is 0. The molecule has 0 rings (SSSR count). The molecule has 0 aromatic carbocycles. The molecule has 0 aliphatic heterocycles. The maximum atomic E-state index is 8.60. The molecule has 0 amide bonds. The Balaban J connectivity index is 3.76. The van der Waals surface area contributed by atoms with Crippen LogP contribution in [0.15, 0.2) is 12.7 Å². The zero-order chi connectivity index (χ0) is 7.33. The molecule has 1 atom stereocenters. The molecule has 0 aliphatic carbocycles. The summed E-state index contributed by atoms with van der Waals surface area (Å²) in [6, 6.07) is 0. The molecule has 0 fully saturated rings. The molecule has 1 unspecified atom stereocenters. The van der Waals surface area contributed by atoms with Crippen LogP contribution in [0.1, 0.15) is 26.7 Å². The van der Waals surface area contributed by atoms with Gasteiger partial charge in [0.1, 0.15) is 0 Å². The minimum absolute atomic E-state index is 0.297. The number of nitrogens with one attached hydrogen (secondary N) is 1. The Kier molecular flexibility index (Phi) is 3.50. The summed E-state index contributed by atoms with van der Waals surface area (Å²) in [7, 11) is 0. The van der Waals surface area contributed by atoms with Gasteiger partial charge in [-0.15, -0.1) is 6.58 Å². The van der Waals surface area contributed by atoms with Gasteiger partial charge >= 0.3 is 0 Å². The summed E-state index contributed by atoms with van der Waals surface area (Å²) in [6.07, 6.45) is 3.67. The Bertz CT molecular complexity index is 92.9. The van der Waals surface area contributed by atoms with Gasteiger partial charge in [0, 0.05) is 0 Å². The van der Waals surface area contributed by atoms with Crippen LogP contribution in [-0.4, -0.2) is 10.7 Å². The van der Waals surface area contributed by atoms with Crippen LogP contribution in [0, 0.1) is 0 Å². The molecular weight excluding hydrogens is 114 g/mol. The third kappa shape index (κ3) is 2.63. The second kappa shape index (κ2) is 3.64. The normalized spacial score (nSPS) is 16.8. The standard InChI is InChI=1S/C7H15NO/c1-4-6-7(3,5-2)8-9/h5,8-9H,2,4,6H2,1,3H3. The molecule has 0 radical (unpaired) electrons. The lowest BCUT2D eigenvalue weighted by Crippen LogP contribution is -2.37. The molecule has 0 saturated carbocycles. The van der Waals surface area contributed by atoms with E-state index in [1.165, 1.54) is 0 Å². The van der Waals surface area contributed by atoms with Crippen LogP contribution < -0.4 is 5.48 Å². The van der Waals surface area contributed by atoms with Gasteiger partial charge in [0.15, 0.2) is 0 Å². The molecule has 0 spiro atoms. The fourth-order valence-electron chi connectivity index (χ4n) is 0.723. The molecule has 0 aliphatic rings. The lowest BCUT2D eigenvalue weighted by Gasteiger charge is -2.22. The van der Waals surface area contributed by atoms with E-state index in [1.54, 1.807) is 6.08 Å². The van der Waals surface area contributed by atoms with Crippen LogP contribution in [0.3, 0.4) is 0 Å². The van der Waals surface area contributed by atoms with Crippen molar-refractivity contribution in [3.05, 3.63) is 12.7 Å². The van der Waals surface area contributed by atoms with Crippen molar-refractivity contribution in [3.8, 4) is 0 Å². The van der Waals surface area contributed by atoms with E-state index in [4.69, 9.17) is 5.21 Å². The third-order valence-corrected chi connectivity index (χ3v) is 1.48. The van der Waals surface area contributed by atoms with Crippen molar-refractivity contribution in [2.45, 2.75) is 32.2 Å². The van der Waals surface area contributed by atoms with Gasteiger partial charge in [-0.05, 0) is 13.3 Å². The minimum Gasteiger partial charge on any atom is -0.316 e. The topological polar surface area (TPSA) is 32.3 Å². The molecule has 0 aromatic rings. The van der Waals surface area contributed by atoms with Crippen molar-refractivity contribution in [2.75, 3.05) is 0 Å². The van der Waals surface area contributed by atoms with Gasteiger partial charge in [-0.25, -0.2) is 0 Å². The SMILES string of the molecule is C=CC(C)(CCC)NO. The van der Waals surface area contributed by atoms with Crippen LogP contribution in [0.4, 0.5) is 0 Å². The Morgan fingerprint density at radius 1 is 1.78 bits per heavy atom. The van der Waals surface area contributed by atoms with E-state index in [0.29, 0.717) is 0 Å². The molecule has 54 valence electrons. The van der Waals surface area contributed by atoms with Crippen LogP contribution in [-0.2, 0) is 0 Å². The summed E-state index contributed by atoms with van der Waals surface area (Å²) >= 11 is 0. The first-order valence-corrected chi connectivity index (χ1v) is 3.23. The van der Waals surface area contributed by atoms with Crippen LogP contribution in [0.5, 0.6) is 0 Å². The summed E-state index contributed by atoms with van der Waals surface area (Å²) < 4.78 is 0. The van der Waals surface area contributed by atoms with Crippen molar-refractivity contribution >= 4 is 0 Å². The quantitative estimate of drug-likeness (QED) is 0.447. The van der Waals surface area contributed by atoms with Crippen molar-refractivity contribution in [1.29, 1.82) is 0 Å². The van der Waals surface area contributed by atoms with E-state index in [9.17, 15) is 0 Å². The molecule has 9 heavy (non-hydrogen) atoms. The highest BCUT2D eigenvalue weighted by Crippen LogP contribution is 2.11. The van der Waals surface area contributed by atoms with Crippen molar-refractivity contribution in [3.63, 3.8) is 0 Å². The smallest absolute Gasteiger partial charge is 0.0578 e. The second-order valence-corrected chi connectivity index (χ2v) is 2.48. The molecule has 2 heteroatoms. The van der Waals surface area contributed by atoms with Crippen LogP contribution >= 0.6 is 0 Å². The molecular formula is C7H15NO. The highest BCUT2D eigenvalue weighted by Gasteiger charge is 2.15. The third-order valence-electron chi connectivity index (χ3n) is 1.48. The van der Waals surface area contributed by atoms with E-state index >= 15 is 0 Å². The van der Waals surface area contributed by atoms with Gasteiger partial charge in [-0.2, -0.15) is 5.48 Å². The fraction of sp³-hybridized carbons (Fsp3) is 0.714. The fourth-order valence-corrected chi connectivity index (χ4v) is 0.723. The van der Waals surface area contributed by atoms with E-state index in [1.807, 2.05) is 6.92 Å². The maximum absolute atomic E-state index is 8.60. The van der Waals surface area contributed by atoms with Gasteiger partial charge in [-0.3, -0.25) is 0 Å². The number of hydrogen-bond donors (Lipinski definition) is 2. The first-order chi connectivity index (χ1) is 4.18. The summed E-state index contributed by atoms with van der Waals surface area (Å²) in [6.45, 7) is 7.57. The summed E-state index contributed by atoms with van der Waals surface area (Å²) in [4.78, 5) is 0. The van der Waals surface area contributed by atoms with Gasteiger partial charge in [0.2, 0.25) is 0 Å². The molecule has 0 aromatic heterocycles. The predicted octanol–water partition coefficient (Wildman–Crippen LogP) is 1.71. The van der Waals surface area contributed by atoms with Crippen molar-refractivity contribution in [1.82, 2.24) is 5.48 Å².